The van der Waals surface area contributed by atoms with Crippen LogP contribution < -0.4 is 11.1 Å². The van der Waals surface area contributed by atoms with Gasteiger partial charge < -0.3 is 11.1 Å². The molecule has 0 bridgehead atoms. The molecule has 1 aliphatic rings. The summed E-state index contributed by atoms with van der Waals surface area (Å²) in [6.07, 6.45) is 5.43. The van der Waals surface area contributed by atoms with Crippen molar-refractivity contribution >= 4 is 28.8 Å². The van der Waals surface area contributed by atoms with E-state index in [-0.39, 0.29) is 5.84 Å². The Balaban J connectivity index is 1.60. The minimum absolute atomic E-state index is 0.105. The number of nitrogen functional groups attached to an aromatic ring is 1. The van der Waals surface area contributed by atoms with Gasteiger partial charge in [0.05, 0.1) is 0 Å². The fourth-order valence-corrected chi connectivity index (χ4v) is 3.33. The number of hydrogen-bond acceptors (Lipinski definition) is 2. The largest absolute Gasteiger partial charge is 0.384 e. The minimum Gasteiger partial charge on any atom is -0.384 e. The molecule has 0 fully saturated rings. The summed E-state index contributed by atoms with van der Waals surface area (Å²) in [6.45, 7) is 2.04. The molecule has 3 nitrogen and oxygen atoms in total. The molecule has 4 N–H and O–H groups in total. The molecule has 1 heterocycles. The van der Waals surface area contributed by atoms with Crippen LogP contribution in [-0.4, -0.2) is 12.4 Å². The molecule has 25 heavy (non-hydrogen) atoms. The standard InChI is InChI=1S/C22H21N3/c23-22(24)20-8-7-17-11-15(3-5-18(17)13-20)1-2-16-4-6-21-14-25-10-9-19(21)12-16/h1-8,11-13,25H,9-10,14H2,(H3,23,24)/b2-1+. The smallest absolute Gasteiger partial charge is 0.122 e. The van der Waals surface area contributed by atoms with E-state index in [2.05, 4.69) is 53.9 Å². The summed E-state index contributed by atoms with van der Waals surface area (Å²) in [4.78, 5) is 0. The lowest BCUT2D eigenvalue weighted by Crippen LogP contribution is -2.23. The maximum absolute atomic E-state index is 7.54. The van der Waals surface area contributed by atoms with E-state index in [1.165, 1.54) is 22.3 Å². The van der Waals surface area contributed by atoms with Crippen LogP contribution in [0.1, 0.15) is 27.8 Å². The average Bonchev–Trinajstić information content (AvgIpc) is 2.65. The topological polar surface area (TPSA) is 61.9 Å². The first-order chi connectivity index (χ1) is 12.2. The third kappa shape index (κ3) is 3.32. The van der Waals surface area contributed by atoms with E-state index >= 15 is 0 Å². The molecule has 0 aliphatic carbocycles. The zero-order valence-corrected chi connectivity index (χ0v) is 14.0. The maximum Gasteiger partial charge on any atom is 0.122 e. The molecular formula is C22H21N3. The Hall–Kier alpha value is -2.91. The van der Waals surface area contributed by atoms with Gasteiger partial charge in [-0.2, -0.15) is 0 Å². The van der Waals surface area contributed by atoms with Crippen LogP contribution in [0.4, 0.5) is 0 Å². The van der Waals surface area contributed by atoms with E-state index in [9.17, 15) is 0 Å². The van der Waals surface area contributed by atoms with Gasteiger partial charge in [-0.05, 0) is 58.1 Å². The predicted molar refractivity (Wildman–Crippen MR) is 106 cm³/mol. The van der Waals surface area contributed by atoms with Gasteiger partial charge in [-0.25, -0.2) is 0 Å². The van der Waals surface area contributed by atoms with Crippen LogP contribution >= 0.6 is 0 Å². The van der Waals surface area contributed by atoms with Crippen molar-refractivity contribution in [3.63, 3.8) is 0 Å². The highest BCUT2D eigenvalue weighted by Gasteiger charge is 2.07. The fraction of sp³-hybridized carbons (Fsp3) is 0.136. The summed E-state index contributed by atoms with van der Waals surface area (Å²) in [7, 11) is 0. The maximum atomic E-state index is 7.54. The van der Waals surface area contributed by atoms with E-state index < -0.39 is 0 Å². The number of nitrogens with one attached hydrogen (secondary N) is 2. The molecule has 4 rings (SSSR count). The molecule has 0 amide bonds. The van der Waals surface area contributed by atoms with Crippen molar-refractivity contribution in [3.05, 3.63) is 82.4 Å². The lowest BCUT2D eigenvalue weighted by Gasteiger charge is -2.17. The lowest BCUT2D eigenvalue weighted by atomic mass is 9.98. The van der Waals surface area contributed by atoms with Crippen LogP contribution in [0.3, 0.4) is 0 Å². The summed E-state index contributed by atoms with van der Waals surface area (Å²) < 4.78 is 0. The number of rotatable bonds is 3. The van der Waals surface area contributed by atoms with Crippen molar-refractivity contribution in [2.75, 3.05) is 6.54 Å². The number of benzene rings is 3. The highest BCUT2D eigenvalue weighted by Crippen LogP contribution is 2.21. The van der Waals surface area contributed by atoms with Crippen molar-refractivity contribution in [3.8, 4) is 0 Å². The van der Waals surface area contributed by atoms with Crippen LogP contribution in [0.5, 0.6) is 0 Å². The average molecular weight is 327 g/mol. The molecule has 0 spiro atoms. The number of amidine groups is 1. The molecule has 124 valence electrons. The van der Waals surface area contributed by atoms with E-state index in [4.69, 9.17) is 11.1 Å². The SMILES string of the molecule is N=C(N)c1ccc2cc(/C=C/c3ccc4c(c3)CCNC4)ccc2c1. The fourth-order valence-electron chi connectivity index (χ4n) is 3.33. The highest BCUT2D eigenvalue weighted by molar-refractivity contribution is 5.99. The van der Waals surface area contributed by atoms with Gasteiger partial charge in [-0.15, -0.1) is 0 Å². The Morgan fingerprint density at radius 1 is 0.880 bits per heavy atom. The minimum atomic E-state index is 0.105. The second-order valence-corrected chi connectivity index (χ2v) is 6.52. The first-order valence-electron chi connectivity index (χ1n) is 8.58. The first kappa shape index (κ1) is 15.6. The zero-order valence-electron chi connectivity index (χ0n) is 14.0. The van der Waals surface area contributed by atoms with Crippen molar-refractivity contribution in [2.24, 2.45) is 5.73 Å². The van der Waals surface area contributed by atoms with Crippen LogP contribution in [0.25, 0.3) is 22.9 Å². The Morgan fingerprint density at radius 2 is 1.60 bits per heavy atom. The van der Waals surface area contributed by atoms with E-state index in [1.54, 1.807) is 0 Å². The normalized spacial score (nSPS) is 13.9. The van der Waals surface area contributed by atoms with Crippen molar-refractivity contribution < 1.29 is 0 Å². The Morgan fingerprint density at radius 3 is 2.44 bits per heavy atom. The number of fused-ring (bicyclic) bond motifs is 2. The molecule has 0 unspecified atom stereocenters. The van der Waals surface area contributed by atoms with Gasteiger partial charge in [-0.1, -0.05) is 54.6 Å². The van der Waals surface area contributed by atoms with Gasteiger partial charge >= 0.3 is 0 Å². The molecule has 3 heteroatoms. The zero-order chi connectivity index (χ0) is 17.2. The monoisotopic (exact) mass is 327 g/mol. The molecule has 1 aliphatic heterocycles. The van der Waals surface area contributed by atoms with Gasteiger partial charge in [0.2, 0.25) is 0 Å². The summed E-state index contributed by atoms with van der Waals surface area (Å²) >= 11 is 0. The molecule has 0 saturated heterocycles. The third-order valence-electron chi connectivity index (χ3n) is 4.76. The van der Waals surface area contributed by atoms with Crippen molar-refractivity contribution in [1.29, 1.82) is 5.41 Å². The van der Waals surface area contributed by atoms with Gasteiger partial charge in [0.15, 0.2) is 0 Å². The quantitative estimate of drug-likeness (QED) is 0.388. The lowest BCUT2D eigenvalue weighted by molar-refractivity contribution is 0.643. The molecule has 3 aromatic rings. The van der Waals surface area contributed by atoms with Crippen molar-refractivity contribution in [1.82, 2.24) is 5.32 Å². The molecule has 0 aromatic heterocycles. The molecule has 3 aromatic carbocycles. The van der Waals surface area contributed by atoms with E-state index in [0.29, 0.717) is 0 Å². The van der Waals surface area contributed by atoms with Gasteiger partial charge in [0, 0.05) is 12.1 Å². The Bertz CT molecular complexity index is 986. The van der Waals surface area contributed by atoms with E-state index in [0.717, 1.165) is 35.8 Å². The number of hydrogen-bond donors (Lipinski definition) is 3. The second kappa shape index (κ2) is 6.54. The van der Waals surface area contributed by atoms with Crippen LogP contribution in [0.15, 0.2) is 54.6 Å². The summed E-state index contributed by atoms with van der Waals surface area (Å²) in [5.41, 5.74) is 11.6. The second-order valence-electron chi connectivity index (χ2n) is 6.52. The van der Waals surface area contributed by atoms with Crippen LogP contribution in [0, 0.1) is 5.41 Å². The van der Waals surface area contributed by atoms with Gasteiger partial charge in [0.25, 0.3) is 0 Å². The molecule has 0 atom stereocenters. The van der Waals surface area contributed by atoms with Crippen LogP contribution in [-0.2, 0) is 13.0 Å². The summed E-state index contributed by atoms with van der Waals surface area (Å²) in [5.74, 6) is 0.105. The predicted octanol–water partition coefficient (Wildman–Crippen LogP) is 3.94. The molecular weight excluding hydrogens is 306 g/mol. The van der Waals surface area contributed by atoms with Gasteiger partial charge in [0.1, 0.15) is 5.84 Å². The van der Waals surface area contributed by atoms with Crippen LogP contribution in [0.2, 0.25) is 0 Å². The van der Waals surface area contributed by atoms with E-state index in [1.807, 2.05) is 18.2 Å². The first-order valence-corrected chi connectivity index (χ1v) is 8.58. The number of nitrogens with two attached hydrogens (primary N) is 1. The third-order valence-corrected chi connectivity index (χ3v) is 4.76. The Labute approximate surface area is 147 Å². The van der Waals surface area contributed by atoms with Gasteiger partial charge in [-0.3, -0.25) is 5.41 Å². The summed E-state index contributed by atoms with van der Waals surface area (Å²) in [6, 6.07) is 18.9. The summed E-state index contributed by atoms with van der Waals surface area (Å²) in [5, 5.41) is 13.2. The molecule has 0 saturated carbocycles. The highest BCUT2D eigenvalue weighted by atomic mass is 14.9. The molecule has 0 radical (unpaired) electrons. The van der Waals surface area contributed by atoms with Crippen molar-refractivity contribution in [2.45, 2.75) is 13.0 Å². The Kier molecular flexibility index (Phi) is 4.08.